The van der Waals surface area contributed by atoms with Crippen molar-refractivity contribution in [2.75, 3.05) is 6.54 Å². The Morgan fingerprint density at radius 2 is 1.38 bits per heavy atom. The lowest BCUT2D eigenvalue weighted by atomic mass is 9.97. The Labute approximate surface area is 145 Å². The van der Waals surface area contributed by atoms with Gasteiger partial charge in [0.2, 0.25) is 0 Å². The molecule has 0 aromatic heterocycles. The van der Waals surface area contributed by atoms with E-state index >= 15 is 0 Å². The molecule has 122 valence electrons. The van der Waals surface area contributed by atoms with Gasteiger partial charge in [0.05, 0.1) is 0 Å². The Morgan fingerprint density at radius 1 is 0.750 bits per heavy atom. The minimum absolute atomic E-state index is 0.399. The van der Waals surface area contributed by atoms with Gasteiger partial charge >= 0.3 is 0 Å². The fourth-order valence-corrected chi connectivity index (χ4v) is 3.09. The third-order valence-corrected chi connectivity index (χ3v) is 4.48. The number of hydrogen-bond donors (Lipinski definition) is 1. The van der Waals surface area contributed by atoms with Crippen molar-refractivity contribution in [3.8, 4) is 11.1 Å². The van der Waals surface area contributed by atoms with Crippen LogP contribution in [0.2, 0.25) is 0 Å². The second kappa shape index (κ2) is 8.47. The minimum atomic E-state index is 0.399. The largest absolute Gasteiger partial charge is 0.310 e. The molecule has 1 N–H and O–H groups in total. The van der Waals surface area contributed by atoms with Crippen LogP contribution < -0.4 is 5.32 Å². The minimum Gasteiger partial charge on any atom is -0.310 e. The van der Waals surface area contributed by atoms with E-state index in [0.717, 1.165) is 19.4 Å². The zero-order valence-corrected chi connectivity index (χ0v) is 14.3. The predicted octanol–water partition coefficient (Wildman–Crippen LogP) is 5.64. The number of benzene rings is 3. The zero-order chi connectivity index (χ0) is 16.6. The Bertz CT molecular complexity index is 734. The van der Waals surface area contributed by atoms with E-state index in [1.807, 2.05) is 0 Å². The zero-order valence-electron chi connectivity index (χ0n) is 14.3. The summed E-state index contributed by atoms with van der Waals surface area (Å²) in [6, 6.07) is 30.4. The van der Waals surface area contributed by atoms with Crippen LogP contribution >= 0.6 is 0 Å². The van der Waals surface area contributed by atoms with Crippen molar-refractivity contribution in [3.63, 3.8) is 0 Å². The molecule has 1 nitrogen and oxygen atoms in total. The highest BCUT2D eigenvalue weighted by Crippen LogP contribution is 2.24. The van der Waals surface area contributed by atoms with Gasteiger partial charge < -0.3 is 5.32 Å². The summed E-state index contributed by atoms with van der Waals surface area (Å²) in [4.78, 5) is 0. The van der Waals surface area contributed by atoms with Crippen molar-refractivity contribution < 1.29 is 0 Å². The Hall–Kier alpha value is -2.38. The fourth-order valence-electron chi connectivity index (χ4n) is 3.09. The third kappa shape index (κ3) is 4.33. The molecule has 0 saturated heterocycles. The molecule has 3 aromatic rings. The van der Waals surface area contributed by atoms with Crippen LogP contribution in [0.3, 0.4) is 0 Å². The molecule has 0 aliphatic carbocycles. The predicted molar refractivity (Wildman–Crippen MR) is 103 cm³/mol. The standard InChI is InChI=1S/C23H25N/c1-19(20-11-4-2-5-12-20)24-18-10-16-22-15-8-9-17-23(22)21-13-6-3-7-14-21/h2-9,11-15,17,19,24H,10,16,18H2,1H3. The van der Waals surface area contributed by atoms with Gasteiger partial charge in [-0.1, -0.05) is 84.9 Å². The first-order valence-corrected chi connectivity index (χ1v) is 8.76. The average molecular weight is 315 g/mol. The van der Waals surface area contributed by atoms with Gasteiger partial charge in [-0.25, -0.2) is 0 Å². The maximum Gasteiger partial charge on any atom is 0.0291 e. The first kappa shape index (κ1) is 16.5. The lowest BCUT2D eigenvalue weighted by Gasteiger charge is -2.15. The molecule has 0 radical (unpaired) electrons. The molecule has 24 heavy (non-hydrogen) atoms. The Morgan fingerprint density at radius 3 is 2.12 bits per heavy atom. The van der Waals surface area contributed by atoms with E-state index in [2.05, 4.69) is 97.2 Å². The van der Waals surface area contributed by atoms with Gasteiger partial charge in [-0.05, 0) is 48.6 Å². The van der Waals surface area contributed by atoms with Crippen LogP contribution in [0.15, 0.2) is 84.9 Å². The van der Waals surface area contributed by atoms with Gasteiger partial charge in [0, 0.05) is 6.04 Å². The monoisotopic (exact) mass is 315 g/mol. The molecule has 0 amide bonds. The van der Waals surface area contributed by atoms with Crippen molar-refractivity contribution in [3.05, 3.63) is 96.1 Å². The number of aryl methyl sites for hydroxylation is 1. The number of rotatable bonds is 7. The maximum atomic E-state index is 3.63. The molecule has 1 heteroatoms. The molecule has 0 bridgehead atoms. The highest BCUT2D eigenvalue weighted by atomic mass is 14.9. The van der Waals surface area contributed by atoms with Gasteiger partial charge in [0.1, 0.15) is 0 Å². The molecule has 3 rings (SSSR count). The van der Waals surface area contributed by atoms with Crippen LogP contribution in [-0.2, 0) is 6.42 Å². The molecule has 1 unspecified atom stereocenters. The molecular formula is C23H25N. The summed E-state index contributed by atoms with van der Waals surface area (Å²) >= 11 is 0. The van der Waals surface area contributed by atoms with Crippen molar-refractivity contribution in [1.29, 1.82) is 0 Å². The summed E-state index contributed by atoms with van der Waals surface area (Å²) in [5, 5.41) is 3.63. The van der Waals surface area contributed by atoms with Gasteiger partial charge in [-0.3, -0.25) is 0 Å². The Balaban J connectivity index is 1.56. The molecule has 0 aliphatic rings. The van der Waals surface area contributed by atoms with E-state index in [1.165, 1.54) is 22.3 Å². The molecule has 0 aliphatic heterocycles. The summed E-state index contributed by atoms with van der Waals surface area (Å²) in [5.41, 5.74) is 5.44. The summed E-state index contributed by atoms with van der Waals surface area (Å²) in [6.45, 7) is 3.26. The quantitative estimate of drug-likeness (QED) is 0.557. The van der Waals surface area contributed by atoms with Crippen LogP contribution in [0.5, 0.6) is 0 Å². The topological polar surface area (TPSA) is 12.0 Å². The molecule has 0 spiro atoms. The van der Waals surface area contributed by atoms with E-state index in [1.54, 1.807) is 0 Å². The van der Waals surface area contributed by atoms with E-state index < -0.39 is 0 Å². The highest BCUT2D eigenvalue weighted by Gasteiger charge is 2.06. The summed E-state index contributed by atoms with van der Waals surface area (Å²) < 4.78 is 0. The molecule has 3 aromatic carbocycles. The third-order valence-electron chi connectivity index (χ3n) is 4.48. The van der Waals surface area contributed by atoms with E-state index in [-0.39, 0.29) is 0 Å². The van der Waals surface area contributed by atoms with E-state index in [0.29, 0.717) is 6.04 Å². The van der Waals surface area contributed by atoms with Crippen LogP contribution in [-0.4, -0.2) is 6.54 Å². The van der Waals surface area contributed by atoms with E-state index in [9.17, 15) is 0 Å². The van der Waals surface area contributed by atoms with Crippen molar-refractivity contribution >= 4 is 0 Å². The first-order chi connectivity index (χ1) is 11.8. The Kier molecular flexibility index (Phi) is 5.81. The average Bonchev–Trinajstić information content (AvgIpc) is 2.67. The maximum absolute atomic E-state index is 3.63. The summed E-state index contributed by atoms with van der Waals surface area (Å²) in [7, 11) is 0. The van der Waals surface area contributed by atoms with Crippen LogP contribution in [0.25, 0.3) is 11.1 Å². The van der Waals surface area contributed by atoms with Gasteiger partial charge in [0.25, 0.3) is 0 Å². The lowest BCUT2D eigenvalue weighted by Crippen LogP contribution is -2.20. The summed E-state index contributed by atoms with van der Waals surface area (Å²) in [6.07, 6.45) is 2.24. The smallest absolute Gasteiger partial charge is 0.0291 e. The second-order valence-electron chi connectivity index (χ2n) is 6.21. The molecule has 0 saturated carbocycles. The van der Waals surface area contributed by atoms with Gasteiger partial charge in [-0.15, -0.1) is 0 Å². The van der Waals surface area contributed by atoms with Crippen LogP contribution in [0, 0.1) is 0 Å². The fraction of sp³-hybridized carbons (Fsp3) is 0.217. The molecular weight excluding hydrogens is 290 g/mol. The first-order valence-electron chi connectivity index (χ1n) is 8.76. The SMILES string of the molecule is CC(NCCCc1ccccc1-c1ccccc1)c1ccccc1. The van der Waals surface area contributed by atoms with Gasteiger partial charge in [-0.2, -0.15) is 0 Å². The lowest BCUT2D eigenvalue weighted by molar-refractivity contribution is 0.558. The second-order valence-corrected chi connectivity index (χ2v) is 6.21. The number of hydrogen-bond acceptors (Lipinski definition) is 1. The van der Waals surface area contributed by atoms with Crippen molar-refractivity contribution in [2.45, 2.75) is 25.8 Å². The van der Waals surface area contributed by atoms with Crippen molar-refractivity contribution in [2.24, 2.45) is 0 Å². The molecule has 0 fully saturated rings. The van der Waals surface area contributed by atoms with Crippen LogP contribution in [0.4, 0.5) is 0 Å². The van der Waals surface area contributed by atoms with Gasteiger partial charge in [0.15, 0.2) is 0 Å². The van der Waals surface area contributed by atoms with Crippen LogP contribution in [0.1, 0.15) is 30.5 Å². The van der Waals surface area contributed by atoms with E-state index in [4.69, 9.17) is 0 Å². The number of nitrogens with one attached hydrogen (secondary N) is 1. The molecule has 0 heterocycles. The molecule has 1 atom stereocenters. The highest BCUT2D eigenvalue weighted by molar-refractivity contribution is 5.67. The van der Waals surface area contributed by atoms with Crippen molar-refractivity contribution in [1.82, 2.24) is 5.32 Å². The normalized spacial score (nSPS) is 12.0. The summed E-state index contributed by atoms with van der Waals surface area (Å²) in [5.74, 6) is 0.